The molecule has 1 aromatic carbocycles. The van der Waals surface area contributed by atoms with E-state index in [1.54, 1.807) is 0 Å². The number of amides is 1. The zero-order chi connectivity index (χ0) is 14.5. The van der Waals surface area contributed by atoms with Gasteiger partial charge in [-0.25, -0.2) is 0 Å². The molecule has 1 atom stereocenters. The third-order valence-corrected chi connectivity index (χ3v) is 4.89. The topological polar surface area (TPSA) is 23.6 Å². The fourth-order valence-corrected chi connectivity index (χ4v) is 3.65. The molecule has 2 fully saturated rings. The summed E-state index contributed by atoms with van der Waals surface area (Å²) in [5.74, 6) is 0.224. The minimum atomic E-state index is 0.224. The molecular weight excluding hydrogens is 260 g/mol. The van der Waals surface area contributed by atoms with E-state index in [4.69, 9.17) is 0 Å². The minimum absolute atomic E-state index is 0.224. The average molecular weight is 286 g/mol. The monoisotopic (exact) mass is 286 g/mol. The second-order valence-electron chi connectivity index (χ2n) is 6.35. The zero-order valence-electron chi connectivity index (χ0n) is 12.8. The zero-order valence-corrected chi connectivity index (χ0v) is 12.8. The molecule has 0 radical (unpaired) electrons. The Kier molecular flexibility index (Phi) is 4.91. The molecule has 2 heterocycles. The summed E-state index contributed by atoms with van der Waals surface area (Å²) in [5.41, 5.74) is 0.838. The maximum absolute atomic E-state index is 12.7. The molecule has 2 aliphatic heterocycles. The molecule has 0 saturated carbocycles. The maximum Gasteiger partial charge on any atom is 0.254 e. The van der Waals surface area contributed by atoms with Crippen LogP contribution in [0.2, 0.25) is 0 Å². The highest BCUT2D eigenvalue weighted by molar-refractivity contribution is 5.94. The van der Waals surface area contributed by atoms with E-state index >= 15 is 0 Å². The third kappa shape index (κ3) is 3.65. The number of hydrogen-bond acceptors (Lipinski definition) is 2. The molecule has 2 saturated heterocycles. The van der Waals surface area contributed by atoms with Gasteiger partial charge in [0.15, 0.2) is 0 Å². The fourth-order valence-electron chi connectivity index (χ4n) is 3.65. The van der Waals surface area contributed by atoms with E-state index in [9.17, 15) is 4.79 Å². The van der Waals surface area contributed by atoms with E-state index in [1.807, 2.05) is 30.3 Å². The van der Waals surface area contributed by atoms with Crippen LogP contribution < -0.4 is 0 Å². The van der Waals surface area contributed by atoms with E-state index in [-0.39, 0.29) is 5.91 Å². The van der Waals surface area contributed by atoms with Crippen LogP contribution in [0.15, 0.2) is 30.3 Å². The van der Waals surface area contributed by atoms with Crippen LogP contribution in [0.4, 0.5) is 0 Å². The van der Waals surface area contributed by atoms with Crippen LogP contribution in [-0.4, -0.2) is 47.9 Å². The van der Waals surface area contributed by atoms with Crippen molar-refractivity contribution < 1.29 is 4.79 Å². The number of likely N-dealkylation sites (tertiary alicyclic amines) is 2. The van der Waals surface area contributed by atoms with Crippen molar-refractivity contribution in [2.24, 2.45) is 0 Å². The van der Waals surface area contributed by atoms with Gasteiger partial charge in [0.1, 0.15) is 0 Å². The molecule has 0 N–H and O–H groups in total. The van der Waals surface area contributed by atoms with Crippen LogP contribution in [0.3, 0.4) is 0 Å². The Bertz CT molecular complexity index is 454. The summed E-state index contributed by atoms with van der Waals surface area (Å²) >= 11 is 0. The smallest absolute Gasteiger partial charge is 0.254 e. The van der Waals surface area contributed by atoms with Gasteiger partial charge in [-0.05, 0) is 63.7 Å². The Balaban J connectivity index is 1.62. The second-order valence-corrected chi connectivity index (χ2v) is 6.35. The maximum atomic E-state index is 12.7. The highest BCUT2D eigenvalue weighted by Gasteiger charge is 2.27. The summed E-state index contributed by atoms with van der Waals surface area (Å²) in [5, 5.41) is 0. The molecule has 0 aromatic heterocycles. The lowest BCUT2D eigenvalue weighted by Gasteiger charge is -2.36. The lowest BCUT2D eigenvalue weighted by Crippen LogP contribution is -2.45. The lowest BCUT2D eigenvalue weighted by atomic mass is 9.98. The molecule has 3 heteroatoms. The van der Waals surface area contributed by atoms with Gasteiger partial charge in [-0.1, -0.05) is 18.2 Å². The third-order valence-electron chi connectivity index (χ3n) is 4.89. The van der Waals surface area contributed by atoms with Gasteiger partial charge in [0.25, 0.3) is 5.91 Å². The number of piperidine rings is 1. The number of nitrogens with zero attached hydrogens (tertiary/aromatic N) is 2. The van der Waals surface area contributed by atoms with Gasteiger partial charge in [0.2, 0.25) is 0 Å². The van der Waals surface area contributed by atoms with Crippen LogP contribution in [-0.2, 0) is 0 Å². The van der Waals surface area contributed by atoms with Crippen LogP contribution in [0.1, 0.15) is 48.9 Å². The Hall–Kier alpha value is -1.35. The van der Waals surface area contributed by atoms with Gasteiger partial charge in [-0.3, -0.25) is 4.79 Å². The summed E-state index contributed by atoms with van der Waals surface area (Å²) in [7, 11) is 0. The van der Waals surface area contributed by atoms with Crippen molar-refractivity contribution in [2.45, 2.75) is 44.6 Å². The van der Waals surface area contributed by atoms with Gasteiger partial charge >= 0.3 is 0 Å². The van der Waals surface area contributed by atoms with Crippen LogP contribution in [0, 0.1) is 0 Å². The highest BCUT2D eigenvalue weighted by Crippen LogP contribution is 2.23. The predicted octanol–water partition coefficient (Wildman–Crippen LogP) is 3.17. The van der Waals surface area contributed by atoms with Gasteiger partial charge in [0, 0.05) is 24.7 Å². The number of rotatable bonds is 4. The minimum Gasteiger partial charge on any atom is -0.336 e. The van der Waals surface area contributed by atoms with E-state index in [0.29, 0.717) is 6.04 Å². The first-order valence-electron chi connectivity index (χ1n) is 8.43. The molecule has 0 unspecified atom stereocenters. The van der Waals surface area contributed by atoms with Gasteiger partial charge in [-0.15, -0.1) is 0 Å². The van der Waals surface area contributed by atoms with Crippen LogP contribution in [0.25, 0.3) is 0 Å². The highest BCUT2D eigenvalue weighted by atomic mass is 16.2. The fraction of sp³-hybridized carbons (Fsp3) is 0.611. The predicted molar refractivity (Wildman–Crippen MR) is 85.4 cm³/mol. The Labute approximate surface area is 127 Å². The molecule has 1 aromatic rings. The molecule has 3 rings (SSSR count). The van der Waals surface area contributed by atoms with E-state index in [1.165, 1.54) is 38.8 Å². The van der Waals surface area contributed by atoms with Gasteiger partial charge < -0.3 is 9.80 Å². The normalized spacial score (nSPS) is 23.4. The van der Waals surface area contributed by atoms with Crippen molar-refractivity contribution in [3.63, 3.8) is 0 Å². The van der Waals surface area contributed by atoms with Crippen molar-refractivity contribution in [1.82, 2.24) is 9.80 Å². The summed E-state index contributed by atoms with van der Waals surface area (Å²) in [4.78, 5) is 17.4. The summed E-state index contributed by atoms with van der Waals surface area (Å²) in [6.45, 7) is 4.58. The van der Waals surface area contributed by atoms with Crippen molar-refractivity contribution >= 4 is 5.91 Å². The molecule has 0 bridgehead atoms. The number of carbonyl (C=O) groups is 1. The molecular formula is C18H26N2O. The first kappa shape index (κ1) is 14.6. The summed E-state index contributed by atoms with van der Waals surface area (Å²) in [6, 6.07) is 10.2. The Morgan fingerprint density at radius 3 is 2.48 bits per heavy atom. The quantitative estimate of drug-likeness (QED) is 0.849. The standard InChI is InChI=1S/C18H26N2O/c21-18(16-8-2-1-3-9-16)20-14-5-4-10-17(20)11-15-19-12-6-7-13-19/h1-3,8-9,17H,4-7,10-15H2/t17-/m1/s1. The molecule has 0 aliphatic carbocycles. The van der Waals surface area contributed by atoms with Crippen molar-refractivity contribution in [3.8, 4) is 0 Å². The van der Waals surface area contributed by atoms with E-state index in [2.05, 4.69) is 9.80 Å². The molecule has 1 amide bonds. The van der Waals surface area contributed by atoms with Gasteiger partial charge in [-0.2, -0.15) is 0 Å². The number of carbonyl (C=O) groups excluding carboxylic acids is 1. The van der Waals surface area contributed by atoms with Crippen LogP contribution in [0.5, 0.6) is 0 Å². The lowest BCUT2D eigenvalue weighted by molar-refractivity contribution is 0.0588. The number of benzene rings is 1. The average Bonchev–Trinajstić information content (AvgIpc) is 3.07. The molecule has 114 valence electrons. The first-order valence-corrected chi connectivity index (χ1v) is 8.43. The summed E-state index contributed by atoms with van der Waals surface area (Å²) in [6.07, 6.45) is 7.42. The molecule has 2 aliphatic rings. The van der Waals surface area contributed by atoms with Crippen LogP contribution >= 0.6 is 0 Å². The SMILES string of the molecule is O=C(c1ccccc1)N1CCCC[C@@H]1CCN1CCCC1. The largest absolute Gasteiger partial charge is 0.336 e. The van der Waals surface area contributed by atoms with E-state index in [0.717, 1.165) is 31.5 Å². The van der Waals surface area contributed by atoms with E-state index < -0.39 is 0 Å². The van der Waals surface area contributed by atoms with Crippen molar-refractivity contribution in [1.29, 1.82) is 0 Å². The molecule has 3 nitrogen and oxygen atoms in total. The second kappa shape index (κ2) is 7.08. The Morgan fingerprint density at radius 1 is 1.00 bits per heavy atom. The number of hydrogen-bond donors (Lipinski definition) is 0. The molecule has 21 heavy (non-hydrogen) atoms. The Morgan fingerprint density at radius 2 is 1.71 bits per heavy atom. The van der Waals surface area contributed by atoms with Gasteiger partial charge in [0.05, 0.1) is 0 Å². The first-order chi connectivity index (χ1) is 10.3. The molecule has 0 spiro atoms. The summed E-state index contributed by atoms with van der Waals surface area (Å²) < 4.78 is 0. The van der Waals surface area contributed by atoms with Crippen molar-refractivity contribution in [3.05, 3.63) is 35.9 Å². The van der Waals surface area contributed by atoms with Crippen molar-refractivity contribution in [2.75, 3.05) is 26.2 Å².